The topological polar surface area (TPSA) is 75.4 Å². The highest BCUT2D eigenvalue weighted by Gasteiger charge is 2.29. The maximum Gasteiger partial charge on any atom is 0.220 e. The van der Waals surface area contributed by atoms with Crippen LogP contribution in [0.3, 0.4) is 0 Å². The van der Waals surface area contributed by atoms with Crippen molar-refractivity contribution in [2.75, 3.05) is 6.54 Å². The maximum absolute atomic E-state index is 11.3. The number of hydrogen-bond acceptors (Lipinski definition) is 3. The first-order valence-electron chi connectivity index (χ1n) is 5.80. The van der Waals surface area contributed by atoms with Crippen LogP contribution in [0.4, 0.5) is 0 Å². The maximum atomic E-state index is 11.3. The van der Waals surface area contributed by atoms with Crippen molar-refractivity contribution in [2.24, 2.45) is 11.7 Å². The van der Waals surface area contributed by atoms with Crippen molar-refractivity contribution >= 4 is 5.91 Å². The Kier molecular flexibility index (Phi) is 5.05. The molecule has 0 aromatic carbocycles. The minimum atomic E-state index is -0.345. The largest absolute Gasteiger partial charge is 0.391 e. The van der Waals surface area contributed by atoms with Crippen LogP contribution in [0.25, 0.3) is 0 Å². The van der Waals surface area contributed by atoms with Crippen molar-refractivity contribution in [3.05, 3.63) is 0 Å². The number of carbonyl (C=O) groups is 1. The third-order valence-corrected chi connectivity index (χ3v) is 2.74. The smallest absolute Gasteiger partial charge is 0.220 e. The summed E-state index contributed by atoms with van der Waals surface area (Å²) >= 11 is 0. The van der Waals surface area contributed by atoms with Gasteiger partial charge in [-0.05, 0) is 38.5 Å². The standard InChI is InChI=1S/C11H22N2O2/c1-8(12)3-2-4-11(15)13-7-10(14)9-5-6-9/h8-10,14H,2-7,12H2,1H3,(H,13,15). The Hall–Kier alpha value is -0.610. The van der Waals surface area contributed by atoms with Gasteiger partial charge < -0.3 is 16.2 Å². The van der Waals surface area contributed by atoms with Crippen LogP contribution in [-0.4, -0.2) is 29.7 Å². The van der Waals surface area contributed by atoms with Crippen LogP contribution in [0.2, 0.25) is 0 Å². The molecule has 15 heavy (non-hydrogen) atoms. The number of rotatable bonds is 7. The van der Waals surface area contributed by atoms with E-state index in [0.29, 0.717) is 18.9 Å². The highest BCUT2D eigenvalue weighted by atomic mass is 16.3. The summed E-state index contributed by atoms with van der Waals surface area (Å²) in [7, 11) is 0. The van der Waals surface area contributed by atoms with E-state index in [1.54, 1.807) is 0 Å². The minimum Gasteiger partial charge on any atom is -0.391 e. The van der Waals surface area contributed by atoms with E-state index in [4.69, 9.17) is 5.73 Å². The van der Waals surface area contributed by atoms with Gasteiger partial charge in [0, 0.05) is 19.0 Å². The molecule has 0 saturated heterocycles. The number of aliphatic hydroxyl groups is 1. The average molecular weight is 214 g/mol. The van der Waals surface area contributed by atoms with Crippen molar-refractivity contribution in [3.8, 4) is 0 Å². The van der Waals surface area contributed by atoms with Gasteiger partial charge in [-0.1, -0.05) is 0 Å². The lowest BCUT2D eigenvalue weighted by Gasteiger charge is -2.10. The number of nitrogens with two attached hydrogens (primary N) is 1. The molecule has 4 heteroatoms. The predicted octanol–water partition coefficient (Wildman–Crippen LogP) is 0.391. The molecule has 0 heterocycles. The zero-order valence-corrected chi connectivity index (χ0v) is 9.41. The Morgan fingerprint density at radius 1 is 1.60 bits per heavy atom. The lowest BCUT2D eigenvalue weighted by atomic mass is 10.1. The molecular formula is C11H22N2O2. The zero-order chi connectivity index (χ0) is 11.3. The molecule has 1 fully saturated rings. The van der Waals surface area contributed by atoms with E-state index in [1.807, 2.05) is 6.92 Å². The van der Waals surface area contributed by atoms with Crippen molar-refractivity contribution in [3.63, 3.8) is 0 Å². The van der Waals surface area contributed by atoms with E-state index >= 15 is 0 Å². The molecule has 2 atom stereocenters. The molecule has 4 N–H and O–H groups in total. The number of amides is 1. The van der Waals surface area contributed by atoms with Crippen LogP contribution in [-0.2, 0) is 4.79 Å². The van der Waals surface area contributed by atoms with Crippen LogP contribution in [0.5, 0.6) is 0 Å². The van der Waals surface area contributed by atoms with Crippen LogP contribution in [0, 0.1) is 5.92 Å². The summed E-state index contributed by atoms with van der Waals surface area (Å²) in [6.07, 6.45) is 4.06. The Labute approximate surface area is 91.2 Å². The average Bonchev–Trinajstić information content (AvgIpc) is 2.96. The number of aliphatic hydroxyl groups excluding tert-OH is 1. The highest BCUT2D eigenvalue weighted by molar-refractivity contribution is 5.75. The van der Waals surface area contributed by atoms with E-state index in [1.165, 1.54) is 0 Å². The second kappa shape index (κ2) is 6.08. The van der Waals surface area contributed by atoms with Gasteiger partial charge in [0.25, 0.3) is 0 Å². The molecule has 4 nitrogen and oxygen atoms in total. The molecule has 88 valence electrons. The summed E-state index contributed by atoms with van der Waals surface area (Å²) in [4.78, 5) is 11.3. The molecule has 1 aliphatic rings. The molecule has 0 bridgehead atoms. The van der Waals surface area contributed by atoms with Gasteiger partial charge in [-0.3, -0.25) is 4.79 Å². The van der Waals surface area contributed by atoms with Crippen molar-refractivity contribution < 1.29 is 9.90 Å². The Morgan fingerprint density at radius 2 is 2.27 bits per heavy atom. The third-order valence-electron chi connectivity index (χ3n) is 2.74. The second-order valence-corrected chi connectivity index (χ2v) is 4.58. The van der Waals surface area contributed by atoms with Gasteiger partial charge in [0.2, 0.25) is 5.91 Å². The Balaban J connectivity index is 1.97. The predicted molar refractivity (Wildman–Crippen MR) is 59.2 cm³/mol. The van der Waals surface area contributed by atoms with Gasteiger partial charge in [-0.25, -0.2) is 0 Å². The van der Waals surface area contributed by atoms with Gasteiger partial charge in [0.1, 0.15) is 0 Å². The second-order valence-electron chi connectivity index (χ2n) is 4.58. The lowest BCUT2D eigenvalue weighted by Crippen LogP contribution is -2.33. The normalized spacial score (nSPS) is 19.7. The molecule has 0 aliphatic heterocycles. The van der Waals surface area contributed by atoms with E-state index in [-0.39, 0.29) is 18.1 Å². The summed E-state index contributed by atoms with van der Waals surface area (Å²) in [5, 5.41) is 12.3. The first-order chi connectivity index (χ1) is 7.09. The molecule has 0 spiro atoms. The summed E-state index contributed by atoms with van der Waals surface area (Å²) in [5.74, 6) is 0.449. The highest BCUT2D eigenvalue weighted by Crippen LogP contribution is 2.32. The Morgan fingerprint density at radius 3 is 2.80 bits per heavy atom. The van der Waals surface area contributed by atoms with Gasteiger partial charge >= 0.3 is 0 Å². The number of hydrogen-bond donors (Lipinski definition) is 3. The molecular weight excluding hydrogens is 192 g/mol. The van der Waals surface area contributed by atoms with Gasteiger partial charge in [-0.2, -0.15) is 0 Å². The summed E-state index contributed by atoms with van der Waals surface area (Å²) in [5.41, 5.74) is 5.58. The summed E-state index contributed by atoms with van der Waals surface area (Å²) in [6.45, 7) is 2.34. The van der Waals surface area contributed by atoms with E-state index in [0.717, 1.165) is 25.7 Å². The number of nitrogens with one attached hydrogen (secondary N) is 1. The summed E-state index contributed by atoms with van der Waals surface area (Å²) in [6, 6.07) is 0.162. The third kappa shape index (κ3) is 5.74. The Bertz CT molecular complexity index is 203. The SMILES string of the molecule is CC(N)CCCC(=O)NCC(O)C1CC1. The van der Waals surface area contributed by atoms with Gasteiger partial charge in [0.05, 0.1) is 6.10 Å². The number of carbonyl (C=O) groups excluding carboxylic acids is 1. The first kappa shape index (κ1) is 12.5. The fourth-order valence-corrected chi connectivity index (χ4v) is 1.54. The van der Waals surface area contributed by atoms with Crippen molar-refractivity contribution in [1.82, 2.24) is 5.32 Å². The molecule has 2 unspecified atom stereocenters. The summed E-state index contributed by atoms with van der Waals surface area (Å²) < 4.78 is 0. The van der Waals surface area contributed by atoms with E-state index in [9.17, 15) is 9.90 Å². The van der Waals surface area contributed by atoms with Crippen LogP contribution >= 0.6 is 0 Å². The fraction of sp³-hybridized carbons (Fsp3) is 0.909. The molecule has 0 aromatic heterocycles. The van der Waals surface area contributed by atoms with Crippen molar-refractivity contribution in [1.29, 1.82) is 0 Å². The fourth-order valence-electron chi connectivity index (χ4n) is 1.54. The van der Waals surface area contributed by atoms with E-state index < -0.39 is 0 Å². The molecule has 0 radical (unpaired) electrons. The zero-order valence-electron chi connectivity index (χ0n) is 9.41. The van der Waals surface area contributed by atoms with Crippen LogP contribution in [0.15, 0.2) is 0 Å². The molecule has 1 saturated carbocycles. The van der Waals surface area contributed by atoms with Crippen molar-refractivity contribution in [2.45, 2.75) is 51.2 Å². The quantitative estimate of drug-likeness (QED) is 0.574. The van der Waals surface area contributed by atoms with Crippen LogP contribution < -0.4 is 11.1 Å². The minimum absolute atomic E-state index is 0.0235. The first-order valence-corrected chi connectivity index (χ1v) is 5.80. The lowest BCUT2D eigenvalue weighted by molar-refractivity contribution is -0.121. The monoisotopic (exact) mass is 214 g/mol. The van der Waals surface area contributed by atoms with Gasteiger partial charge in [-0.15, -0.1) is 0 Å². The molecule has 1 aliphatic carbocycles. The van der Waals surface area contributed by atoms with Crippen LogP contribution in [0.1, 0.15) is 39.0 Å². The molecule has 1 rings (SSSR count). The van der Waals surface area contributed by atoms with Gasteiger partial charge in [0.15, 0.2) is 0 Å². The van der Waals surface area contributed by atoms with E-state index in [2.05, 4.69) is 5.32 Å². The molecule has 1 amide bonds. The molecule has 0 aromatic rings.